The van der Waals surface area contributed by atoms with Gasteiger partial charge in [-0.05, 0) is 19.9 Å². The van der Waals surface area contributed by atoms with Crippen LogP contribution in [0.4, 0.5) is 0 Å². The predicted molar refractivity (Wildman–Crippen MR) is 81.0 cm³/mol. The first-order valence-corrected chi connectivity index (χ1v) is 14.8. The van der Waals surface area contributed by atoms with Crippen molar-refractivity contribution in [2.45, 2.75) is 72.2 Å². The standard InChI is InChI=1S/C11H30NOSi3/c1-10-14(13-11(2)3)12(15(4,5)6)16(7,8)9/h11H,10H2,1-9H3. The van der Waals surface area contributed by atoms with Gasteiger partial charge in [0.25, 0.3) is 9.20 Å². The maximum absolute atomic E-state index is 6.21. The molecule has 0 heterocycles. The summed E-state index contributed by atoms with van der Waals surface area (Å²) < 4.78 is 9.06. The normalized spacial score (nSPS) is 14.2. The molecule has 0 aliphatic heterocycles. The van der Waals surface area contributed by atoms with Crippen LogP contribution in [0.3, 0.4) is 0 Å². The second-order valence-corrected chi connectivity index (χ2v) is 19.7. The van der Waals surface area contributed by atoms with Gasteiger partial charge in [0.15, 0.2) is 0 Å². The summed E-state index contributed by atoms with van der Waals surface area (Å²) in [6, 6.07) is 1.19. The van der Waals surface area contributed by atoms with Crippen molar-refractivity contribution < 1.29 is 4.43 Å². The molecule has 0 fully saturated rings. The van der Waals surface area contributed by atoms with E-state index in [9.17, 15) is 0 Å². The Labute approximate surface area is 106 Å². The van der Waals surface area contributed by atoms with E-state index in [1.54, 1.807) is 0 Å². The van der Waals surface area contributed by atoms with E-state index in [-0.39, 0.29) is 0 Å². The summed E-state index contributed by atoms with van der Waals surface area (Å²) in [5, 5.41) is 0. The van der Waals surface area contributed by atoms with Gasteiger partial charge >= 0.3 is 0 Å². The van der Waals surface area contributed by atoms with Crippen molar-refractivity contribution in [3.8, 4) is 0 Å². The highest BCUT2D eigenvalue weighted by Gasteiger charge is 2.41. The molecule has 0 unspecified atom stereocenters. The first kappa shape index (κ1) is 16.6. The predicted octanol–water partition coefficient (Wildman–Crippen LogP) is 3.89. The van der Waals surface area contributed by atoms with E-state index in [0.717, 1.165) is 0 Å². The lowest BCUT2D eigenvalue weighted by molar-refractivity contribution is 0.230. The van der Waals surface area contributed by atoms with Crippen molar-refractivity contribution in [3.05, 3.63) is 0 Å². The summed E-state index contributed by atoms with van der Waals surface area (Å²) in [7, 11) is -3.30. The first-order chi connectivity index (χ1) is 7.00. The fourth-order valence-electron chi connectivity index (χ4n) is 2.32. The average molecular weight is 277 g/mol. The molecule has 0 aromatic rings. The molecule has 0 saturated heterocycles. The monoisotopic (exact) mass is 276 g/mol. The Kier molecular flexibility index (Phi) is 6.16. The van der Waals surface area contributed by atoms with Crippen LogP contribution in [-0.2, 0) is 4.43 Å². The van der Waals surface area contributed by atoms with Gasteiger partial charge in [-0.15, -0.1) is 0 Å². The summed E-state index contributed by atoms with van der Waals surface area (Å²) >= 11 is 0. The van der Waals surface area contributed by atoms with E-state index in [2.05, 4.69) is 63.9 Å². The van der Waals surface area contributed by atoms with Crippen LogP contribution in [-0.4, -0.2) is 35.7 Å². The summed E-state index contributed by atoms with van der Waals surface area (Å²) in [4.78, 5) is 0. The molecule has 5 heteroatoms. The third kappa shape index (κ3) is 5.27. The van der Waals surface area contributed by atoms with Crippen molar-refractivity contribution in [2.75, 3.05) is 0 Å². The van der Waals surface area contributed by atoms with Gasteiger partial charge in [0.2, 0.25) is 0 Å². The Morgan fingerprint density at radius 2 is 1.38 bits per heavy atom. The minimum Gasteiger partial charge on any atom is -0.401 e. The number of rotatable bonds is 6. The van der Waals surface area contributed by atoms with Crippen molar-refractivity contribution in [2.24, 2.45) is 0 Å². The second kappa shape index (κ2) is 5.95. The highest BCUT2D eigenvalue weighted by Crippen LogP contribution is 2.24. The molecule has 16 heavy (non-hydrogen) atoms. The number of nitrogens with zero attached hydrogens (tertiary/aromatic N) is 1. The molecule has 0 atom stereocenters. The highest BCUT2D eigenvalue weighted by molar-refractivity contribution is 6.98. The van der Waals surface area contributed by atoms with Gasteiger partial charge < -0.3 is 8.32 Å². The van der Waals surface area contributed by atoms with Gasteiger partial charge in [0.1, 0.15) is 16.5 Å². The van der Waals surface area contributed by atoms with Gasteiger partial charge in [-0.2, -0.15) is 0 Å². The molecule has 97 valence electrons. The summed E-state index contributed by atoms with van der Waals surface area (Å²) in [5.74, 6) is 0. The van der Waals surface area contributed by atoms with E-state index < -0.39 is 25.7 Å². The highest BCUT2D eigenvalue weighted by atomic mass is 28.5. The van der Waals surface area contributed by atoms with Crippen molar-refractivity contribution in [3.63, 3.8) is 0 Å². The second-order valence-electron chi connectivity index (χ2n) is 6.59. The molecule has 0 N–H and O–H groups in total. The van der Waals surface area contributed by atoms with Crippen molar-refractivity contribution in [1.82, 2.24) is 3.90 Å². The van der Waals surface area contributed by atoms with Gasteiger partial charge in [0, 0.05) is 6.10 Å². The number of hydrogen-bond acceptors (Lipinski definition) is 2. The minimum atomic E-state index is -1.26. The van der Waals surface area contributed by atoms with E-state index in [4.69, 9.17) is 4.43 Å². The van der Waals surface area contributed by atoms with Crippen LogP contribution in [0.2, 0.25) is 45.3 Å². The molecule has 0 saturated carbocycles. The topological polar surface area (TPSA) is 12.5 Å². The Morgan fingerprint density at radius 1 is 1.00 bits per heavy atom. The largest absolute Gasteiger partial charge is 0.401 e. The molecule has 0 aliphatic carbocycles. The van der Waals surface area contributed by atoms with Gasteiger partial charge in [-0.25, -0.2) is 0 Å². The molecule has 0 rings (SSSR count). The molecule has 0 aromatic carbocycles. The first-order valence-electron chi connectivity index (χ1n) is 6.33. The fourth-order valence-corrected chi connectivity index (χ4v) is 18.8. The van der Waals surface area contributed by atoms with E-state index >= 15 is 0 Å². The lowest BCUT2D eigenvalue weighted by atomic mass is 10.5. The van der Waals surface area contributed by atoms with Crippen LogP contribution >= 0.6 is 0 Å². The van der Waals surface area contributed by atoms with Gasteiger partial charge in [0.05, 0.1) is 0 Å². The zero-order valence-electron chi connectivity index (χ0n) is 12.6. The Bertz CT molecular complexity index is 194. The molecular formula is C11H30NOSi3. The molecule has 0 bridgehead atoms. The molecule has 0 aliphatic rings. The van der Waals surface area contributed by atoms with Crippen LogP contribution in [0.15, 0.2) is 0 Å². The molecule has 0 spiro atoms. The summed E-state index contributed by atoms with van der Waals surface area (Å²) in [5.41, 5.74) is 0. The average Bonchev–Trinajstić information content (AvgIpc) is 1.96. The molecule has 1 radical (unpaired) electrons. The summed E-state index contributed by atoms with van der Waals surface area (Å²) in [6.45, 7) is 21.3. The van der Waals surface area contributed by atoms with Crippen molar-refractivity contribution >= 4 is 25.7 Å². The Hall–Kier alpha value is 0.571. The molecule has 0 aromatic heterocycles. The zero-order chi connectivity index (χ0) is 13.1. The van der Waals surface area contributed by atoms with Crippen LogP contribution in [0, 0.1) is 0 Å². The number of hydrogen-bond donors (Lipinski definition) is 0. The van der Waals surface area contributed by atoms with Crippen molar-refractivity contribution in [1.29, 1.82) is 0 Å². The van der Waals surface area contributed by atoms with Crippen LogP contribution in [0.5, 0.6) is 0 Å². The molecule has 2 nitrogen and oxygen atoms in total. The van der Waals surface area contributed by atoms with Crippen LogP contribution in [0.1, 0.15) is 20.8 Å². The lowest BCUT2D eigenvalue weighted by Crippen LogP contribution is -2.66. The smallest absolute Gasteiger partial charge is 0.291 e. The molecule has 0 amide bonds. The van der Waals surface area contributed by atoms with Gasteiger partial charge in [-0.3, -0.25) is 0 Å². The maximum atomic E-state index is 6.21. The minimum absolute atomic E-state index is 0.365. The maximum Gasteiger partial charge on any atom is 0.291 e. The Balaban J connectivity index is 5.01. The molecular weight excluding hydrogens is 246 g/mol. The third-order valence-electron chi connectivity index (χ3n) is 2.27. The van der Waals surface area contributed by atoms with E-state index in [0.29, 0.717) is 6.10 Å². The summed E-state index contributed by atoms with van der Waals surface area (Å²) in [6.07, 6.45) is 0.365. The quantitative estimate of drug-likeness (QED) is 0.683. The van der Waals surface area contributed by atoms with Crippen LogP contribution < -0.4 is 0 Å². The van der Waals surface area contributed by atoms with Crippen LogP contribution in [0.25, 0.3) is 0 Å². The van der Waals surface area contributed by atoms with E-state index in [1.807, 2.05) is 0 Å². The fraction of sp³-hybridized carbons (Fsp3) is 1.00. The SMILES string of the molecule is CC[Si](OC(C)C)N([Si](C)(C)C)[Si](C)(C)C. The third-order valence-corrected chi connectivity index (χ3v) is 16.3. The van der Waals surface area contributed by atoms with E-state index in [1.165, 1.54) is 6.04 Å². The lowest BCUT2D eigenvalue weighted by Gasteiger charge is -2.47. The van der Waals surface area contributed by atoms with Gasteiger partial charge in [-0.1, -0.05) is 46.2 Å². The zero-order valence-corrected chi connectivity index (χ0v) is 15.6. The Morgan fingerprint density at radius 3 is 1.56 bits per heavy atom.